The number of nitrogens with zero attached hydrogens (tertiary/aromatic N) is 1. The van der Waals surface area contributed by atoms with Crippen LogP contribution in [-0.4, -0.2) is 40.6 Å². The third-order valence-electron chi connectivity index (χ3n) is 4.85. The molecule has 1 saturated carbocycles. The number of hydrogen-bond donors (Lipinski definition) is 2. The van der Waals surface area contributed by atoms with Crippen molar-refractivity contribution in [3.8, 4) is 0 Å². The Labute approximate surface area is 139 Å². The first-order chi connectivity index (χ1) is 10.9. The van der Waals surface area contributed by atoms with Crippen LogP contribution in [0.15, 0.2) is 24.3 Å². The molecule has 23 heavy (non-hydrogen) atoms. The van der Waals surface area contributed by atoms with Crippen molar-refractivity contribution in [2.75, 3.05) is 13.1 Å². The molecule has 0 unspecified atom stereocenters. The molecule has 0 heterocycles. The summed E-state index contributed by atoms with van der Waals surface area (Å²) in [5.41, 5.74) is 1.17. The second-order valence-corrected chi connectivity index (χ2v) is 6.97. The molecule has 0 aliphatic heterocycles. The summed E-state index contributed by atoms with van der Waals surface area (Å²) < 4.78 is 0. The van der Waals surface area contributed by atoms with E-state index in [1.54, 1.807) is 0 Å². The van der Waals surface area contributed by atoms with Gasteiger partial charge in [-0.2, -0.15) is 0 Å². The molecule has 0 radical (unpaired) electrons. The van der Waals surface area contributed by atoms with Crippen LogP contribution in [0.1, 0.15) is 62.4 Å². The minimum Gasteiger partial charge on any atom is -0.388 e. The van der Waals surface area contributed by atoms with Crippen LogP contribution in [-0.2, 0) is 6.54 Å². The third kappa shape index (κ3) is 5.05. The predicted octanol–water partition coefficient (Wildman–Crippen LogP) is 2.95. The molecule has 0 aromatic heterocycles. The van der Waals surface area contributed by atoms with Crippen LogP contribution in [0.5, 0.6) is 0 Å². The zero-order valence-corrected chi connectivity index (χ0v) is 14.6. The van der Waals surface area contributed by atoms with Crippen LogP contribution in [0.3, 0.4) is 0 Å². The lowest BCUT2D eigenvalue weighted by Crippen LogP contribution is -2.40. The van der Waals surface area contributed by atoms with E-state index >= 15 is 0 Å². The summed E-state index contributed by atoms with van der Waals surface area (Å²) in [5.74, 6) is -0.104. The Balaban J connectivity index is 1.89. The second kappa shape index (κ2) is 7.93. The average Bonchev–Trinajstić information content (AvgIpc) is 2.97. The highest BCUT2D eigenvalue weighted by molar-refractivity contribution is 5.94. The zero-order valence-electron chi connectivity index (χ0n) is 14.6. The molecule has 1 aromatic rings. The molecule has 1 aromatic carbocycles. The van der Waals surface area contributed by atoms with E-state index in [0.717, 1.165) is 38.8 Å². The first kappa shape index (κ1) is 18.0. The summed E-state index contributed by atoms with van der Waals surface area (Å²) in [6.45, 7) is 8.81. The van der Waals surface area contributed by atoms with E-state index in [9.17, 15) is 9.90 Å². The highest BCUT2D eigenvalue weighted by atomic mass is 16.3. The van der Waals surface area contributed by atoms with E-state index in [-0.39, 0.29) is 5.91 Å². The van der Waals surface area contributed by atoms with E-state index in [1.165, 1.54) is 5.56 Å². The monoisotopic (exact) mass is 318 g/mol. The fourth-order valence-electron chi connectivity index (χ4n) is 3.21. The number of rotatable bonds is 7. The summed E-state index contributed by atoms with van der Waals surface area (Å²) >= 11 is 0. The predicted molar refractivity (Wildman–Crippen MR) is 93.4 cm³/mol. The first-order valence-electron chi connectivity index (χ1n) is 8.77. The van der Waals surface area contributed by atoms with Crippen LogP contribution in [0.25, 0.3) is 0 Å². The smallest absolute Gasteiger partial charge is 0.251 e. The van der Waals surface area contributed by atoms with Crippen LogP contribution in [0.2, 0.25) is 0 Å². The Morgan fingerprint density at radius 3 is 2.39 bits per heavy atom. The van der Waals surface area contributed by atoms with E-state index in [0.29, 0.717) is 18.2 Å². The topological polar surface area (TPSA) is 52.6 Å². The van der Waals surface area contributed by atoms with Crippen molar-refractivity contribution in [3.63, 3.8) is 0 Å². The Kier molecular flexibility index (Phi) is 6.19. The van der Waals surface area contributed by atoms with Gasteiger partial charge in [-0.3, -0.25) is 9.69 Å². The molecule has 4 heteroatoms. The molecule has 0 saturated heterocycles. The molecule has 2 rings (SSSR count). The van der Waals surface area contributed by atoms with Gasteiger partial charge in [-0.25, -0.2) is 0 Å². The van der Waals surface area contributed by atoms with Crippen molar-refractivity contribution >= 4 is 5.91 Å². The van der Waals surface area contributed by atoms with Gasteiger partial charge in [0.15, 0.2) is 0 Å². The van der Waals surface area contributed by atoms with Gasteiger partial charge in [-0.15, -0.1) is 0 Å². The Morgan fingerprint density at radius 1 is 1.26 bits per heavy atom. The fraction of sp³-hybridized carbons (Fsp3) is 0.632. The van der Waals surface area contributed by atoms with Crippen LogP contribution < -0.4 is 5.32 Å². The van der Waals surface area contributed by atoms with Gasteiger partial charge in [-0.1, -0.05) is 31.9 Å². The van der Waals surface area contributed by atoms with Crippen molar-refractivity contribution in [2.45, 2.75) is 64.6 Å². The molecule has 128 valence electrons. The van der Waals surface area contributed by atoms with Gasteiger partial charge in [0.1, 0.15) is 0 Å². The van der Waals surface area contributed by atoms with E-state index in [1.807, 2.05) is 24.3 Å². The summed E-state index contributed by atoms with van der Waals surface area (Å²) in [6.07, 6.45) is 3.66. The lowest BCUT2D eigenvalue weighted by molar-refractivity contribution is 0.0449. The summed E-state index contributed by atoms with van der Waals surface area (Å²) in [4.78, 5) is 14.6. The standard InChI is InChI=1S/C19H30N2O2/c1-4-21(15(2)3)13-16-7-9-17(10-8-16)18(22)20-14-19(23)11-5-6-12-19/h7-10,15,23H,4-6,11-14H2,1-3H3,(H,20,22). The molecule has 0 atom stereocenters. The van der Waals surface area contributed by atoms with Crippen molar-refractivity contribution < 1.29 is 9.90 Å². The molecule has 2 N–H and O–H groups in total. The summed E-state index contributed by atoms with van der Waals surface area (Å²) in [6, 6.07) is 8.29. The average molecular weight is 318 g/mol. The van der Waals surface area contributed by atoms with Crippen LogP contribution in [0, 0.1) is 0 Å². The second-order valence-electron chi connectivity index (χ2n) is 6.97. The highest BCUT2D eigenvalue weighted by Gasteiger charge is 2.31. The molecular formula is C19H30N2O2. The van der Waals surface area contributed by atoms with Gasteiger partial charge in [0.05, 0.1) is 5.60 Å². The lowest BCUT2D eigenvalue weighted by Gasteiger charge is -2.25. The van der Waals surface area contributed by atoms with Crippen molar-refractivity contribution in [1.29, 1.82) is 0 Å². The van der Waals surface area contributed by atoms with Gasteiger partial charge in [0.25, 0.3) is 5.91 Å². The SMILES string of the molecule is CCN(Cc1ccc(C(=O)NCC2(O)CCCC2)cc1)C(C)C. The normalized spacial score (nSPS) is 17.0. The minimum absolute atomic E-state index is 0.104. The maximum absolute atomic E-state index is 12.2. The first-order valence-corrected chi connectivity index (χ1v) is 8.77. The minimum atomic E-state index is -0.700. The number of aliphatic hydroxyl groups is 1. The molecule has 1 aliphatic carbocycles. The molecular weight excluding hydrogens is 288 g/mol. The van der Waals surface area contributed by atoms with Gasteiger partial charge < -0.3 is 10.4 Å². The van der Waals surface area contributed by atoms with Crippen molar-refractivity contribution in [2.24, 2.45) is 0 Å². The van der Waals surface area contributed by atoms with E-state index in [4.69, 9.17) is 0 Å². The molecule has 4 nitrogen and oxygen atoms in total. The van der Waals surface area contributed by atoms with E-state index in [2.05, 4.69) is 31.0 Å². The molecule has 1 aliphatic rings. The molecule has 0 spiro atoms. The van der Waals surface area contributed by atoms with Gasteiger partial charge in [0.2, 0.25) is 0 Å². The zero-order chi connectivity index (χ0) is 16.9. The molecule has 0 bridgehead atoms. The lowest BCUT2D eigenvalue weighted by atomic mass is 10.0. The maximum Gasteiger partial charge on any atom is 0.251 e. The van der Waals surface area contributed by atoms with Crippen molar-refractivity contribution in [3.05, 3.63) is 35.4 Å². The molecule has 1 fully saturated rings. The quantitative estimate of drug-likeness (QED) is 0.813. The number of carbonyl (C=O) groups is 1. The van der Waals surface area contributed by atoms with E-state index < -0.39 is 5.60 Å². The third-order valence-corrected chi connectivity index (χ3v) is 4.85. The highest BCUT2D eigenvalue weighted by Crippen LogP contribution is 2.28. The number of benzene rings is 1. The Bertz CT molecular complexity index is 505. The largest absolute Gasteiger partial charge is 0.388 e. The Morgan fingerprint density at radius 2 is 1.87 bits per heavy atom. The number of nitrogens with one attached hydrogen (secondary N) is 1. The fourth-order valence-corrected chi connectivity index (χ4v) is 3.21. The Hall–Kier alpha value is -1.39. The van der Waals surface area contributed by atoms with Gasteiger partial charge in [0, 0.05) is 24.7 Å². The van der Waals surface area contributed by atoms with Gasteiger partial charge >= 0.3 is 0 Å². The van der Waals surface area contributed by atoms with Crippen LogP contribution in [0.4, 0.5) is 0 Å². The number of carbonyl (C=O) groups excluding carboxylic acids is 1. The number of hydrogen-bond acceptors (Lipinski definition) is 3. The maximum atomic E-state index is 12.2. The van der Waals surface area contributed by atoms with Gasteiger partial charge in [-0.05, 0) is 50.9 Å². The number of amides is 1. The molecule has 1 amide bonds. The summed E-state index contributed by atoms with van der Waals surface area (Å²) in [5, 5.41) is 13.2. The van der Waals surface area contributed by atoms with Crippen LogP contribution >= 0.6 is 0 Å². The van der Waals surface area contributed by atoms with Crippen molar-refractivity contribution in [1.82, 2.24) is 10.2 Å². The summed E-state index contributed by atoms with van der Waals surface area (Å²) in [7, 11) is 0.